The smallest absolute Gasteiger partial charge is 0.518 e. The first kappa shape index (κ1) is 21.8. The van der Waals surface area contributed by atoms with Gasteiger partial charge < -0.3 is 34.1 Å². The van der Waals surface area contributed by atoms with E-state index in [1.165, 1.54) is 25.7 Å². The normalized spacial score (nSPS) is 22.8. The minimum Gasteiger partial charge on any atom is -0.518 e. The first-order chi connectivity index (χ1) is 11.8. The van der Waals surface area contributed by atoms with Gasteiger partial charge in [-0.05, 0) is 25.7 Å². The van der Waals surface area contributed by atoms with Gasteiger partial charge >= 0.3 is 8.38 Å². The number of aliphatic hydroxyl groups excluding tert-OH is 2. The highest BCUT2D eigenvalue weighted by molar-refractivity contribution is 6.53. The van der Waals surface area contributed by atoms with Gasteiger partial charge in [-0.25, -0.2) is 0 Å². The fourth-order valence-corrected chi connectivity index (χ4v) is 2.60. The minimum atomic E-state index is -1.93. The fourth-order valence-electron chi connectivity index (χ4n) is 2.60. The molecule has 8 heteroatoms. The maximum absolute atomic E-state index is 8.15. The summed E-state index contributed by atoms with van der Waals surface area (Å²) in [6.07, 6.45) is 9.09. The monoisotopic (exact) mass is 349 g/mol. The summed E-state index contributed by atoms with van der Waals surface area (Å²) in [7, 11) is 0. The van der Waals surface area contributed by atoms with E-state index in [9.17, 15) is 0 Å². The summed E-state index contributed by atoms with van der Waals surface area (Å²) >= 11 is 0. The summed E-state index contributed by atoms with van der Waals surface area (Å²) < 4.78 is 23.1. The fraction of sp³-hybridized carbons (Fsp3) is 1.00. The van der Waals surface area contributed by atoms with Crippen molar-refractivity contribution in [2.45, 2.75) is 51.4 Å². The van der Waals surface area contributed by atoms with Crippen LogP contribution in [-0.2, 0) is 18.6 Å². The Labute approximate surface area is 147 Å². The Morgan fingerprint density at radius 1 is 0.625 bits per heavy atom. The van der Waals surface area contributed by atoms with E-state index < -0.39 is 6.96 Å². The van der Waals surface area contributed by atoms with Gasteiger partial charge in [0.25, 0.3) is 0 Å². The lowest BCUT2D eigenvalue weighted by Gasteiger charge is -2.40. The summed E-state index contributed by atoms with van der Waals surface area (Å²) in [5.74, 6) is 0. The molecule has 3 N–H and O–H groups in total. The molecule has 2 rings (SSSR count). The maximum Gasteiger partial charge on any atom is 1.00 e. The van der Waals surface area contributed by atoms with Gasteiger partial charge in [0.2, 0.25) is 0 Å². The van der Waals surface area contributed by atoms with E-state index in [1.807, 2.05) is 0 Å². The van der Waals surface area contributed by atoms with Crippen LogP contribution >= 0.6 is 0 Å². The molecule has 0 bridgehead atoms. The van der Waals surface area contributed by atoms with Crippen LogP contribution in [0.3, 0.4) is 0 Å². The van der Waals surface area contributed by atoms with Crippen LogP contribution < -0.4 is 5.32 Å². The molecule has 0 aromatic carbocycles. The molecule has 24 heavy (non-hydrogen) atoms. The third kappa shape index (κ3) is 10.6. The predicted molar refractivity (Wildman–Crippen MR) is 94.7 cm³/mol. The lowest BCUT2D eigenvalue weighted by atomic mass is 10.0. The second kappa shape index (κ2) is 15.1. The summed E-state index contributed by atoms with van der Waals surface area (Å²) in [5, 5.41) is 19.1. The average molecular weight is 349 g/mol. The number of hydrogen-bond acceptors (Lipinski definition) is 7. The molecule has 1 spiro atoms. The van der Waals surface area contributed by atoms with Gasteiger partial charge in [0, 0.05) is 39.5 Å². The van der Waals surface area contributed by atoms with Crippen molar-refractivity contribution in [3.8, 4) is 0 Å². The molecule has 0 aromatic rings. The minimum absolute atomic E-state index is 0. The molecule has 0 radical (unpaired) electrons. The van der Waals surface area contributed by atoms with Crippen LogP contribution in [0.1, 0.15) is 52.8 Å². The second-order valence-electron chi connectivity index (χ2n) is 6.09. The van der Waals surface area contributed by atoms with E-state index in [1.54, 1.807) is 0 Å². The van der Waals surface area contributed by atoms with E-state index in [0.717, 1.165) is 25.7 Å². The molecule has 0 atom stereocenters. The van der Waals surface area contributed by atoms with Gasteiger partial charge in [0.15, 0.2) is 0 Å². The first-order valence-corrected chi connectivity index (χ1v) is 9.44. The zero-order chi connectivity index (χ0) is 17.3. The first-order valence-electron chi connectivity index (χ1n) is 9.44. The number of aliphatic hydroxyl groups is 2. The van der Waals surface area contributed by atoms with Gasteiger partial charge in [-0.3, -0.25) is 0 Å². The maximum atomic E-state index is 8.15. The number of rotatable bonds is 4. The van der Waals surface area contributed by atoms with Gasteiger partial charge in [-0.2, -0.15) is 0 Å². The van der Waals surface area contributed by atoms with Crippen molar-refractivity contribution in [1.82, 2.24) is 5.32 Å². The molecule has 0 aromatic heterocycles. The average Bonchev–Trinajstić information content (AvgIpc) is 2.78. The summed E-state index contributed by atoms with van der Waals surface area (Å²) in [6, 6.07) is 0. The summed E-state index contributed by atoms with van der Waals surface area (Å²) in [5.41, 5.74) is 0. The lowest BCUT2D eigenvalue weighted by molar-refractivity contribution is -0.0315. The molecule has 144 valence electrons. The molecule has 2 aliphatic heterocycles. The quantitative estimate of drug-likeness (QED) is 0.521. The molecule has 0 saturated carbocycles. The van der Waals surface area contributed by atoms with Crippen LogP contribution in [0.5, 0.6) is 0 Å². The van der Waals surface area contributed by atoms with Gasteiger partial charge in [-0.1, -0.05) is 25.7 Å². The van der Waals surface area contributed by atoms with Crippen molar-refractivity contribution in [2.24, 2.45) is 0 Å². The lowest BCUT2D eigenvalue weighted by Crippen LogP contribution is -2.49. The molecule has 2 aliphatic rings. The van der Waals surface area contributed by atoms with Crippen molar-refractivity contribution in [1.29, 1.82) is 0 Å². The predicted octanol–water partition coefficient (Wildman–Crippen LogP) is 1.31. The molecule has 2 fully saturated rings. The Bertz CT molecular complexity index is 242. The van der Waals surface area contributed by atoms with Gasteiger partial charge in [-0.15, -0.1) is 0 Å². The molecule has 7 nitrogen and oxygen atoms in total. The van der Waals surface area contributed by atoms with E-state index in [4.69, 9.17) is 28.8 Å². The molecular formula is C16H36BNO6. The van der Waals surface area contributed by atoms with Crippen LogP contribution in [0.4, 0.5) is 0 Å². The van der Waals surface area contributed by atoms with Gasteiger partial charge in [0.05, 0.1) is 13.2 Å². The highest BCUT2D eigenvalue weighted by Gasteiger charge is 2.32. The highest BCUT2D eigenvalue weighted by atomic mass is 16.9. The van der Waals surface area contributed by atoms with E-state index in [-0.39, 0.29) is 14.6 Å². The van der Waals surface area contributed by atoms with Crippen LogP contribution in [0, 0.1) is 0 Å². The largest absolute Gasteiger partial charge is 1.00 e. The van der Waals surface area contributed by atoms with Crippen LogP contribution in [-0.4, -0.2) is 69.9 Å². The Balaban J connectivity index is 0.000000620. The second-order valence-corrected chi connectivity index (χ2v) is 6.09. The Hall–Kier alpha value is -0.215. The van der Waals surface area contributed by atoms with Crippen molar-refractivity contribution >= 4 is 6.96 Å². The molecule has 0 unspecified atom stereocenters. The third-order valence-electron chi connectivity index (χ3n) is 3.94. The zero-order valence-electron chi connectivity index (χ0n) is 15.9. The standard InChI is InChI=1S/C12H24BO4.C4H11NO2/c1-2-6-10-15-13(14-9-5-1)16-11-7-3-4-8-12-17-13;6-3-1-5-2-4-7/h1-12H2;5-7H,1-4H2/q-1;/p+1. The number of hydrogen-bond donors (Lipinski definition) is 3. The Morgan fingerprint density at radius 2 is 0.958 bits per heavy atom. The zero-order valence-corrected chi connectivity index (χ0v) is 14.9. The highest BCUT2D eigenvalue weighted by Crippen LogP contribution is 2.19. The van der Waals surface area contributed by atoms with E-state index in [2.05, 4.69) is 5.32 Å². The van der Waals surface area contributed by atoms with Crippen LogP contribution in [0.15, 0.2) is 0 Å². The van der Waals surface area contributed by atoms with Crippen molar-refractivity contribution < 1.29 is 30.3 Å². The number of nitrogens with one attached hydrogen (secondary N) is 1. The summed E-state index contributed by atoms with van der Waals surface area (Å²) in [4.78, 5) is 0. The van der Waals surface area contributed by atoms with Crippen molar-refractivity contribution in [2.75, 3.05) is 52.7 Å². The molecular weight excluding hydrogens is 313 g/mol. The molecule has 2 heterocycles. The van der Waals surface area contributed by atoms with Crippen LogP contribution in [0.2, 0.25) is 0 Å². The third-order valence-corrected chi connectivity index (χ3v) is 3.94. The molecule has 0 amide bonds. The van der Waals surface area contributed by atoms with Gasteiger partial charge in [0.1, 0.15) is 0 Å². The Morgan fingerprint density at radius 3 is 1.25 bits per heavy atom. The SMILES string of the molecule is C1CCCO[B-]2(OCC1)OCCCCCCO2.OCCNCCO.[H+]. The van der Waals surface area contributed by atoms with E-state index in [0.29, 0.717) is 39.5 Å². The molecule has 0 aliphatic carbocycles. The van der Waals surface area contributed by atoms with Crippen LogP contribution in [0.25, 0.3) is 0 Å². The summed E-state index contributed by atoms with van der Waals surface area (Å²) in [6.45, 7) is 2.21. The van der Waals surface area contributed by atoms with Crippen molar-refractivity contribution in [3.63, 3.8) is 0 Å². The van der Waals surface area contributed by atoms with Crippen molar-refractivity contribution in [3.05, 3.63) is 0 Å². The molecule has 2 saturated heterocycles. The Kier molecular flexibility index (Phi) is 13.7. The van der Waals surface area contributed by atoms with E-state index >= 15 is 0 Å². The topological polar surface area (TPSA) is 89.4 Å².